The molecule has 6 N–H and O–H groups in total. The number of carbonyl (C=O) groups is 1. The fourth-order valence-electron chi connectivity index (χ4n) is 3.96. The predicted molar refractivity (Wildman–Crippen MR) is 126 cm³/mol. The molecule has 2 heterocycles. The lowest BCUT2D eigenvalue weighted by molar-refractivity contribution is 0.100. The average Bonchev–Trinajstić information content (AvgIpc) is 2.82. The highest BCUT2D eigenvalue weighted by molar-refractivity contribution is 5.98. The molecule has 3 aromatic rings. The van der Waals surface area contributed by atoms with E-state index in [-0.39, 0.29) is 29.3 Å². The molecular weight excluding hydrogens is 423 g/mol. The number of rotatable bonds is 7. The summed E-state index contributed by atoms with van der Waals surface area (Å²) in [6.45, 7) is 0. The van der Waals surface area contributed by atoms with Crippen molar-refractivity contribution in [3.05, 3.63) is 59.9 Å². The van der Waals surface area contributed by atoms with Crippen molar-refractivity contribution < 1.29 is 13.9 Å². The third kappa shape index (κ3) is 5.20. The monoisotopic (exact) mass is 450 g/mol. The molecule has 4 rings (SSSR count). The molecule has 0 radical (unpaired) electrons. The fraction of sp³-hybridized carbons (Fsp3) is 0.292. The predicted octanol–water partition coefficient (Wildman–Crippen LogP) is 3.82. The number of halogens is 1. The standard InChI is InChI=1S/C24H27FN6O2/c1-33-21-12-15(11-20(29-21)14-7-3-2-4-8-14)28-23-16(22(27)32)13-17(25)24(31-23)30-19-10-6-5-9-18(19)26/h2-4,7-8,11-13,18-19H,5-6,9-10,26H2,1H3,(H2,27,32)(H2,28,29,30,31)/t18-,19?/m0/s1. The van der Waals surface area contributed by atoms with E-state index in [1.807, 2.05) is 30.3 Å². The van der Waals surface area contributed by atoms with Gasteiger partial charge in [0, 0.05) is 29.4 Å². The largest absolute Gasteiger partial charge is 0.481 e. The molecule has 0 bridgehead atoms. The maximum absolute atomic E-state index is 14.8. The van der Waals surface area contributed by atoms with Gasteiger partial charge in [-0.2, -0.15) is 0 Å². The van der Waals surface area contributed by atoms with Gasteiger partial charge >= 0.3 is 0 Å². The molecule has 8 nitrogen and oxygen atoms in total. The van der Waals surface area contributed by atoms with Crippen LogP contribution in [-0.4, -0.2) is 35.1 Å². The molecule has 1 aliphatic rings. The lowest BCUT2D eigenvalue weighted by atomic mass is 9.91. The first kappa shape index (κ1) is 22.5. The van der Waals surface area contributed by atoms with Crippen LogP contribution in [0, 0.1) is 5.82 Å². The van der Waals surface area contributed by atoms with Crippen LogP contribution >= 0.6 is 0 Å². The van der Waals surface area contributed by atoms with Gasteiger partial charge in [0.05, 0.1) is 18.4 Å². The number of nitrogens with two attached hydrogens (primary N) is 2. The molecule has 2 atom stereocenters. The molecular formula is C24H27FN6O2. The number of hydrogen-bond donors (Lipinski definition) is 4. The summed E-state index contributed by atoms with van der Waals surface area (Å²) < 4.78 is 20.1. The van der Waals surface area contributed by atoms with Crippen molar-refractivity contribution in [3.63, 3.8) is 0 Å². The molecule has 172 valence electrons. The van der Waals surface area contributed by atoms with Crippen molar-refractivity contribution in [3.8, 4) is 17.1 Å². The number of pyridine rings is 2. The van der Waals surface area contributed by atoms with E-state index in [2.05, 4.69) is 20.6 Å². The summed E-state index contributed by atoms with van der Waals surface area (Å²) in [7, 11) is 1.52. The minimum absolute atomic E-state index is 0.0224. The summed E-state index contributed by atoms with van der Waals surface area (Å²) in [5.74, 6) is -0.941. The first-order valence-electron chi connectivity index (χ1n) is 10.9. The van der Waals surface area contributed by atoms with Crippen LogP contribution in [0.3, 0.4) is 0 Å². The number of ether oxygens (including phenoxy) is 1. The molecule has 1 amide bonds. The Balaban J connectivity index is 1.70. The van der Waals surface area contributed by atoms with E-state index < -0.39 is 11.7 Å². The Bertz CT molecular complexity index is 1140. The van der Waals surface area contributed by atoms with Crippen LogP contribution in [-0.2, 0) is 0 Å². The van der Waals surface area contributed by atoms with Crippen molar-refractivity contribution in [1.82, 2.24) is 9.97 Å². The number of methoxy groups -OCH3 is 1. The lowest BCUT2D eigenvalue weighted by Crippen LogP contribution is -2.43. The molecule has 0 saturated heterocycles. The van der Waals surface area contributed by atoms with Gasteiger partial charge in [-0.25, -0.2) is 14.4 Å². The minimum atomic E-state index is -0.797. The van der Waals surface area contributed by atoms with Crippen LogP contribution in [0.2, 0.25) is 0 Å². The molecule has 0 aliphatic heterocycles. The SMILES string of the molecule is COc1cc(Nc2nc(NC3CCCC[C@@H]3N)c(F)cc2C(N)=O)cc(-c2ccccc2)n1. The summed E-state index contributed by atoms with van der Waals surface area (Å²) in [6.07, 6.45) is 3.75. The Morgan fingerprint density at radius 2 is 1.85 bits per heavy atom. The quantitative estimate of drug-likeness (QED) is 0.431. The molecule has 1 aromatic carbocycles. The molecule has 1 saturated carbocycles. The zero-order valence-corrected chi connectivity index (χ0v) is 18.3. The first-order chi connectivity index (χ1) is 15.9. The number of aromatic nitrogens is 2. The van der Waals surface area contributed by atoms with Gasteiger partial charge in [-0.05, 0) is 25.0 Å². The molecule has 1 fully saturated rings. The van der Waals surface area contributed by atoms with Gasteiger partial charge in [0.2, 0.25) is 5.88 Å². The number of nitrogens with zero attached hydrogens (tertiary/aromatic N) is 2. The van der Waals surface area contributed by atoms with E-state index in [9.17, 15) is 9.18 Å². The number of anilines is 3. The van der Waals surface area contributed by atoms with Crippen LogP contribution in [0.1, 0.15) is 36.0 Å². The van der Waals surface area contributed by atoms with Crippen molar-refractivity contribution >= 4 is 23.2 Å². The van der Waals surface area contributed by atoms with Crippen molar-refractivity contribution in [2.75, 3.05) is 17.7 Å². The van der Waals surface area contributed by atoms with Crippen molar-refractivity contribution in [1.29, 1.82) is 0 Å². The fourth-order valence-corrected chi connectivity index (χ4v) is 3.96. The van der Waals surface area contributed by atoms with E-state index in [0.717, 1.165) is 37.3 Å². The Labute approximate surface area is 191 Å². The summed E-state index contributed by atoms with van der Waals surface area (Å²) in [4.78, 5) is 20.9. The zero-order valence-electron chi connectivity index (χ0n) is 18.3. The molecule has 2 aromatic heterocycles. The van der Waals surface area contributed by atoms with Gasteiger partial charge in [-0.3, -0.25) is 4.79 Å². The number of benzene rings is 1. The van der Waals surface area contributed by atoms with Crippen LogP contribution < -0.4 is 26.8 Å². The summed E-state index contributed by atoms with van der Waals surface area (Å²) >= 11 is 0. The van der Waals surface area contributed by atoms with Gasteiger partial charge in [-0.15, -0.1) is 0 Å². The highest BCUT2D eigenvalue weighted by Gasteiger charge is 2.24. The number of hydrogen-bond acceptors (Lipinski definition) is 7. The van der Waals surface area contributed by atoms with Crippen molar-refractivity contribution in [2.45, 2.75) is 37.8 Å². The van der Waals surface area contributed by atoms with Gasteiger partial charge < -0.3 is 26.8 Å². The number of nitrogens with one attached hydrogen (secondary N) is 2. The smallest absolute Gasteiger partial charge is 0.252 e. The normalized spacial score (nSPS) is 17.9. The van der Waals surface area contributed by atoms with Crippen molar-refractivity contribution in [2.24, 2.45) is 11.5 Å². The number of amides is 1. The van der Waals surface area contributed by atoms with E-state index in [0.29, 0.717) is 17.3 Å². The molecule has 1 unspecified atom stereocenters. The molecule has 1 aliphatic carbocycles. The second-order valence-corrected chi connectivity index (χ2v) is 8.05. The van der Waals surface area contributed by atoms with Crippen LogP contribution in [0.4, 0.5) is 21.7 Å². The van der Waals surface area contributed by atoms with Gasteiger partial charge in [0.25, 0.3) is 5.91 Å². The van der Waals surface area contributed by atoms with Gasteiger partial charge in [0.15, 0.2) is 11.6 Å². The Kier molecular flexibility index (Phi) is 6.69. The summed E-state index contributed by atoms with van der Waals surface area (Å²) in [6, 6.07) is 13.9. The van der Waals surface area contributed by atoms with Crippen LogP contribution in [0.15, 0.2) is 48.5 Å². The maximum atomic E-state index is 14.8. The highest BCUT2D eigenvalue weighted by Crippen LogP contribution is 2.30. The lowest BCUT2D eigenvalue weighted by Gasteiger charge is -2.30. The molecule has 9 heteroatoms. The van der Waals surface area contributed by atoms with Gasteiger partial charge in [-0.1, -0.05) is 43.2 Å². The van der Waals surface area contributed by atoms with E-state index >= 15 is 0 Å². The van der Waals surface area contributed by atoms with Gasteiger partial charge in [0.1, 0.15) is 5.82 Å². The Morgan fingerprint density at radius 3 is 2.55 bits per heavy atom. The van der Waals surface area contributed by atoms with Crippen LogP contribution in [0.25, 0.3) is 11.3 Å². The highest BCUT2D eigenvalue weighted by atomic mass is 19.1. The van der Waals surface area contributed by atoms with E-state index in [1.165, 1.54) is 7.11 Å². The van der Waals surface area contributed by atoms with E-state index in [1.54, 1.807) is 12.1 Å². The van der Waals surface area contributed by atoms with Crippen LogP contribution in [0.5, 0.6) is 5.88 Å². The third-order valence-electron chi connectivity index (χ3n) is 5.73. The number of primary amides is 1. The third-order valence-corrected chi connectivity index (χ3v) is 5.73. The number of carbonyl (C=O) groups excluding carboxylic acids is 1. The Morgan fingerprint density at radius 1 is 1.09 bits per heavy atom. The second kappa shape index (κ2) is 9.83. The minimum Gasteiger partial charge on any atom is -0.481 e. The van der Waals surface area contributed by atoms with E-state index in [4.69, 9.17) is 16.2 Å². The summed E-state index contributed by atoms with van der Waals surface area (Å²) in [5.41, 5.74) is 13.7. The zero-order chi connectivity index (χ0) is 23.4. The Hall–Kier alpha value is -3.72. The first-order valence-corrected chi connectivity index (χ1v) is 10.9. The average molecular weight is 451 g/mol. The topological polar surface area (TPSA) is 128 Å². The maximum Gasteiger partial charge on any atom is 0.252 e. The second-order valence-electron chi connectivity index (χ2n) is 8.05. The molecule has 0 spiro atoms. The summed E-state index contributed by atoms with van der Waals surface area (Å²) in [5, 5.41) is 6.20. The molecule has 33 heavy (non-hydrogen) atoms.